The van der Waals surface area contributed by atoms with Crippen LogP contribution in [0.25, 0.3) is 0 Å². The Hall–Kier alpha value is -1.36. The molecule has 2 rings (SSSR count). The number of nitrogens with one attached hydrogen (secondary N) is 1. The Balaban J connectivity index is 1.84. The molecule has 0 radical (unpaired) electrons. The van der Waals surface area contributed by atoms with Gasteiger partial charge < -0.3 is 11.1 Å². The van der Waals surface area contributed by atoms with E-state index in [1.165, 1.54) is 0 Å². The Bertz CT molecular complexity index is 388. The van der Waals surface area contributed by atoms with Crippen molar-refractivity contribution in [1.29, 1.82) is 0 Å². The first kappa shape index (κ1) is 12.1. The summed E-state index contributed by atoms with van der Waals surface area (Å²) in [6, 6.07) is 0.0256. The summed E-state index contributed by atoms with van der Waals surface area (Å²) < 4.78 is 1.73. The number of hydrogen-bond acceptors (Lipinski definition) is 3. The van der Waals surface area contributed by atoms with Crippen LogP contribution in [0.4, 0.5) is 0 Å². The summed E-state index contributed by atoms with van der Waals surface area (Å²) >= 11 is 0. The van der Waals surface area contributed by atoms with Gasteiger partial charge >= 0.3 is 0 Å². The molecule has 17 heavy (non-hydrogen) atoms. The van der Waals surface area contributed by atoms with Crippen molar-refractivity contribution in [2.24, 2.45) is 18.7 Å². The molecule has 0 aromatic carbocycles. The van der Waals surface area contributed by atoms with Gasteiger partial charge in [-0.25, -0.2) is 0 Å². The molecule has 2 atom stereocenters. The lowest BCUT2D eigenvalue weighted by molar-refractivity contribution is -0.126. The van der Waals surface area contributed by atoms with Crippen LogP contribution in [0.15, 0.2) is 12.4 Å². The summed E-state index contributed by atoms with van der Waals surface area (Å²) in [5, 5.41) is 7.00. The number of carbonyl (C=O) groups excluding carboxylic acids is 1. The first-order valence-corrected chi connectivity index (χ1v) is 6.17. The van der Waals surface area contributed by atoms with Gasteiger partial charge in [0.25, 0.3) is 0 Å². The Kier molecular flexibility index (Phi) is 3.78. The highest BCUT2D eigenvalue weighted by molar-refractivity contribution is 5.79. The van der Waals surface area contributed by atoms with E-state index in [2.05, 4.69) is 10.4 Å². The highest BCUT2D eigenvalue weighted by atomic mass is 16.1. The zero-order valence-corrected chi connectivity index (χ0v) is 10.2. The molecule has 1 aliphatic rings. The molecule has 1 aromatic heterocycles. The predicted octanol–water partition coefficient (Wildman–Crippen LogP) is 0.554. The molecule has 2 unspecified atom stereocenters. The molecule has 1 aliphatic carbocycles. The van der Waals surface area contributed by atoms with E-state index in [4.69, 9.17) is 5.73 Å². The zero-order valence-electron chi connectivity index (χ0n) is 10.2. The molecule has 3 N–H and O–H groups in total. The summed E-state index contributed by atoms with van der Waals surface area (Å²) in [5.74, 6) is 0.0708. The zero-order chi connectivity index (χ0) is 12.3. The molecular formula is C12H20N4O. The third-order valence-corrected chi connectivity index (χ3v) is 3.38. The predicted molar refractivity (Wildman–Crippen MR) is 65.0 cm³/mol. The second-order valence-corrected chi connectivity index (χ2v) is 4.79. The van der Waals surface area contributed by atoms with Crippen molar-refractivity contribution in [3.8, 4) is 0 Å². The molecule has 1 fully saturated rings. The summed E-state index contributed by atoms with van der Waals surface area (Å²) in [4.78, 5) is 12.0. The second-order valence-electron chi connectivity index (χ2n) is 4.79. The monoisotopic (exact) mass is 236 g/mol. The van der Waals surface area contributed by atoms with Gasteiger partial charge in [-0.1, -0.05) is 12.8 Å². The topological polar surface area (TPSA) is 72.9 Å². The molecule has 94 valence electrons. The molecule has 1 aromatic rings. The normalized spacial score (nSPS) is 24.6. The van der Waals surface area contributed by atoms with Gasteiger partial charge in [-0.3, -0.25) is 9.48 Å². The van der Waals surface area contributed by atoms with Crippen molar-refractivity contribution in [1.82, 2.24) is 15.1 Å². The summed E-state index contributed by atoms with van der Waals surface area (Å²) in [5.41, 5.74) is 6.99. The van der Waals surface area contributed by atoms with Crippen molar-refractivity contribution in [3.63, 3.8) is 0 Å². The van der Waals surface area contributed by atoms with Gasteiger partial charge in [0.05, 0.1) is 12.1 Å². The van der Waals surface area contributed by atoms with E-state index < -0.39 is 0 Å². The van der Waals surface area contributed by atoms with Gasteiger partial charge in [0, 0.05) is 31.4 Å². The van der Waals surface area contributed by atoms with E-state index in [-0.39, 0.29) is 17.9 Å². The summed E-state index contributed by atoms with van der Waals surface area (Å²) in [6.07, 6.45) is 7.80. The highest BCUT2D eigenvalue weighted by Gasteiger charge is 2.27. The summed E-state index contributed by atoms with van der Waals surface area (Å²) in [7, 11) is 1.86. The number of aryl methyl sites for hydroxylation is 1. The first-order valence-electron chi connectivity index (χ1n) is 6.17. The smallest absolute Gasteiger partial charge is 0.224 e. The first-order chi connectivity index (χ1) is 8.16. The van der Waals surface area contributed by atoms with E-state index in [0.29, 0.717) is 6.54 Å². The maximum atomic E-state index is 12.0. The van der Waals surface area contributed by atoms with Gasteiger partial charge in [0.1, 0.15) is 0 Å². The van der Waals surface area contributed by atoms with Crippen LogP contribution in [0.3, 0.4) is 0 Å². The summed E-state index contributed by atoms with van der Waals surface area (Å²) in [6.45, 7) is 0.538. The Morgan fingerprint density at radius 2 is 2.35 bits per heavy atom. The molecule has 1 saturated carbocycles. The van der Waals surface area contributed by atoms with Crippen molar-refractivity contribution in [2.45, 2.75) is 38.3 Å². The third-order valence-electron chi connectivity index (χ3n) is 3.38. The van der Waals surface area contributed by atoms with Crippen LogP contribution < -0.4 is 11.1 Å². The molecule has 5 heteroatoms. The number of nitrogens with two attached hydrogens (primary N) is 1. The molecule has 1 heterocycles. The number of rotatable bonds is 3. The lowest BCUT2D eigenvalue weighted by Crippen LogP contribution is -2.43. The van der Waals surface area contributed by atoms with E-state index in [1.54, 1.807) is 10.9 Å². The van der Waals surface area contributed by atoms with Gasteiger partial charge in [-0.15, -0.1) is 0 Å². The number of carbonyl (C=O) groups is 1. The maximum absolute atomic E-state index is 12.0. The van der Waals surface area contributed by atoms with Crippen molar-refractivity contribution >= 4 is 5.91 Å². The molecule has 0 spiro atoms. The Morgan fingerprint density at radius 1 is 1.59 bits per heavy atom. The molecule has 1 amide bonds. The molecule has 0 saturated heterocycles. The number of nitrogens with zero attached hydrogens (tertiary/aromatic N) is 2. The van der Waals surface area contributed by atoms with Crippen molar-refractivity contribution in [2.75, 3.05) is 0 Å². The molecule has 0 bridgehead atoms. The van der Waals surface area contributed by atoms with Crippen LogP contribution in [0.1, 0.15) is 31.2 Å². The minimum absolute atomic E-state index is 0.0135. The fraction of sp³-hybridized carbons (Fsp3) is 0.667. The van der Waals surface area contributed by atoms with Gasteiger partial charge in [0.15, 0.2) is 0 Å². The lowest BCUT2D eigenvalue weighted by atomic mass is 9.84. The minimum atomic E-state index is -0.0135. The molecular weight excluding hydrogens is 216 g/mol. The van der Waals surface area contributed by atoms with Gasteiger partial charge in [0.2, 0.25) is 5.91 Å². The standard InChI is InChI=1S/C12H20N4O/c1-16-8-9(7-15-16)6-14-12(17)10-4-2-3-5-11(10)13/h7-8,10-11H,2-6,13H2,1H3,(H,14,17). The largest absolute Gasteiger partial charge is 0.352 e. The quantitative estimate of drug-likeness (QED) is 0.805. The van der Waals surface area contributed by atoms with Crippen molar-refractivity contribution in [3.05, 3.63) is 18.0 Å². The van der Waals surface area contributed by atoms with Crippen LogP contribution >= 0.6 is 0 Å². The minimum Gasteiger partial charge on any atom is -0.352 e. The molecule has 0 aliphatic heterocycles. The lowest BCUT2D eigenvalue weighted by Gasteiger charge is -2.27. The second kappa shape index (κ2) is 5.31. The van der Waals surface area contributed by atoms with Crippen molar-refractivity contribution < 1.29 is 4.79 Å². The van der Waals surface area contributed by atoms with E-state index in [0.717, 1.165) is 31.2 Å². The van der Waals surface area contributed by atoms with Crippen LogP contribution in [0.2, 0.25) is 0 Å². The number of amides is 1. The number of hydrogen-bond donors (Lipinski definition) is 2. The molecule has 5 nitrogen and oxygen atoms in total. The SMILES string of the molecule is Cn1cc(CNC(=O)C2CCCCC2N)cn1. The van der Waals surface area contributed by atoms with E-state index in [9.17, 15) is 4.79 Å². The van der Waals surface area contributed by atoms with Crippen LogP contribution in [-0.2, 0) is 18.4 Å². The van der Waals surface area contributed by atoms with E-state index in [1.807, 2.05) is 13.2 Å². The van der Waals surface area contributed by atoms with E-state index >= 15 is 0 Å². The Labute approximate surface area is 101 Å². The van der Waals surface area contributed by atoms with Crippen LogP contribution in [-0.4, -0.2) is 21.7 Å². The van der Waals surface area contributed by atoms with Gasteiger partial charge in [-0.05, 0) is 12.8 Å². The highest BCUT2D eigenvalue weighted by Crippen LogP contribution is 2.23. The van der Waals surface area contributed by atoms with Gasteiger partial charge in [-0.2, -0.15) is 5.10 Å². The fourth-order valence-corrected chi connectivity index (χ4v) is 2.37. The number of aromatic nitrogens is 2. The third kappa shape index (κ3) is 3.06. The fourth-order valence-electron chi connectivity index (χ4n) is 2.37. The van der Waals surface area contributed by atoms with Crippen LogP contribution in [0, 0.1) is 5.92 Å². The van der Waals surface area contributed by atoms with Crippen LogP contribution in [0.5, 0.6) is 0 Å². The average molecular weight is 236 g/mol. The Morgan fingerprint density at radius 3 is 3.00 bits per heavy atom. The average Bonchev–Trinajstić information content (AvgIpc) is 2.73. The maximum Gasteiger partial charge on any atom is 0.224 e.